The molecule has 1 spiro atoms. The highest BCUT2D eigenvalue weighted by Crippen LogP contribution is 2.64. The Kier molecular flexibility index (Phi) is 2.49. The summed E-state index contributed by atoms with van der Waals surface area (Å²) in [7, 11) is 0. The number of hydrogen-bond acceptors (Lipinski definition) is 1. The minimum atomic E-state index is -0.440. The summed E-state index contributed by atoms with van der Waals surface area (Å²) in [5.74, 6) is 0.366. The van der Waals surface area contributed by atoms with Crippen LogP contribution in [0, 0.1) is 0 Å². The Hall–Kier alpha value is -3.32. The van der Waals surface area contributed by atoms with E-state index in [4.69, 9.17) is 0 Å². The number of aromatic hydroxyl groups is 1. The minimum absolute atomic E-state index is 0.366. The normalized spacial score (nSPS) is 14.6. The maximum Gasteiger partial charge on any atom is 0.120 e. The number of benzene rings is 4. The van der Waals surface area contributed by atoms with Crippen LogP contribution in [0.5, 0.6) is 5.75 Å². The minimum Gasteiger partial charge on any atom is -0.508 e. The highest BCUT2D eigenvalue weighted by atomic mass is 16.3. The van der Waals surface area contributed by atoms with Crippen molar-refractivity contribution in [2.24, 2.45) is 0 Å². The van der Waals surface area contributed by atoms with Gasteiger partial charge in [0.2, 0.25) is 0 Å². The standard InChI is InChI=1S/C25H16O/c26-23-15-7-11-19-18-10-3-6-14-22(18)25(24(19)23)20-12-4-1-8-16(20)17-9-2-5-13-21(17)25/h1-15,26H. The fourth-order valence-electron chi connectivity index (χ4n) is 5.13. The zero-order valence-electron chi connectivity index (χ0n) is 14.1. The van der Waals surface area contributed by atoms with E-state index in [0.717, 1.165) is 11.1 Å². The molecular formula is C25H16O. The summed E-state index contributed by atoms with van der Waals surface area (Å²) in [6, 6.07) is 31.7. The Bertz CT molecular complexity index is 1140. The van der Waals surface area contributed by atoms with E-state index in [2.05, 4.69) is 78.9 Å². The zero-order chi connectivity index (χ0) is 17.3. The molecule has 0 saturated carbocycles. The van der Waals surface area contributed by atoms with Crippen LogP contribution in [0.4, 0.5) is 0 Å². The van der Waals surface area contributed by atoms with Gasteiger partial charge in [-0.3, -0.25) is 0 Å². The molecule has 2 aliphatic rings. The Labute approximate surface area is 152 Å². The van der Waals surface area contributed by atoms with E-state index in [9.17, 15) is 5.11 Å². The Morgan fingerprint density at radius 1 is 0.462 bits per heavy atom. The quantitative estimate of drug-likeness (QED) is 0.376. The third-order valence-electron chi connectivity index (χ3n) is 5.99. The maximum atomic E-state index is 11.0. The molecule has 0 amide bonds. The van der Waals surface area contributed by atoms with Crippen LogP contribution in [-0.2, 0) is 5.41 Å². The first-order valence-corrected chi connectivity index (χ1v) is 8.95. The molecule has 0 heterocycles. The van der Waals surface area contributed by atoms with Crippen molar-refractivity contribution in [3.8, 4) is 28.0 Å². The predicted octanol–water partition coefficient (Wildman–Crippen LogP) is 5.74. The van der Waals surface area contributed by atoms with Crippen molar-refractivity contribution in [1.29, 1.82) is 0 Å². The topological polar surface area (TPSA) is 20.2 Å². The van der Waals surface area contributed by atoms with E-state index in [1.54, 1.807) is 0 Å². The lowest BCUT2D eigenvalue weighted by molar-refractivity contribution is 0.463. The van der Waals surface area contributed by atoms with Crippen molar-refractivity contribution in [3.05, 3.63) is 113 Å². The van der Waals surface area contributed by atoms with E-state index in [1.165, 1.54) is 33.4 Å². The van der Waals surface area contributed by atoms with E-state index < -0.39 is 5.41 Å². The highest BCUT2D eigenvalue weighted by Gasteiger charge is 2.52. The molecule has 4 aromatic rings. The third-order valence-corrected chi connectivity index (χ3v) is 5.99. The largest absolute Gasteiger partial charge is 0.508 e. The molecule has 0 unspecified atom stereocenters. The summed E-state index contributed by atoms with van der Waals surface area (Å²) in [5, 5.41) is 11.0. The molecule has 4 aromatic carbocycles. The monoisotopic (exact) mass is 332 g/mol. The zero-order valence-corrected chi connectivity index (χ0v) is 14.1. The number of hydrogen-bond donors (Lipinski definition) is 1. The molecule has 2 aliphatic carbocycles. The molecule has 1 nitrogen and oxygen atoms in total. The molecule has 1 N–H and O–H groups in total. The number of rotatable bonds is 0. The van der Waals surface area contributed by atoms with E-state index in [1.807, 2.05) is 12.1 Å². The molecule has 0 saturated heterocycles. The highest BCUT2D eigenvalue weighted by molar-refractivity contribution is 5.95. The van der Waals surface area contributed by atoms with Gasteiger partial charge in [-0.1, -0.05) is 84.9 Å². The van der Waals surface area contributed by atoms with Crippen molar-refractivity contribution in [2.75, 3.05) is 0 Å². The second kappa shape index (κ2) is 4.64. The van der Waals surface area contributed by atoms with E-state index in [-0.39, 0.29) is 0 Å². The molecule has 122 valence electrons. The number of fused-ring (bicyclic) bond motifs is 10. The Balaban J connectivity index is 1.90. The van der Waals surface area contributed by atoms with Gasteiger partial charge in [0.1, 0.15) is 5.75 Å². The SMILES string of the molecule is Oc1cccc2c1C1(c3ccccc3-c3ccccc31)c1ccccc1-2. The van der Waals surface area contributed by atoms with Gasteiger partial charge in [-0.05, 0) is 45.0 Å². The first-order valence-electron chi connectivity index (χ1n) is 8.95. The van der Waals surface area contributed by atoms with Gasteiger partial charge in [0, 0.05) is 5.56 Å². The van der Waals surface area contributed by atoms with Gasteiger partial charge in [-0.15, -0.1) is 0 Å². The van der Waals surface area contributed by atoms with Crippen LogP contribution < -0.4 is 0 Å². The molecule has 0 atom stereocenters. The molecule has 26 heavy (non-hydrogen) atoms. The molecule has 1 heteroatoms. The Morgan fingerprint density at radius 3 is 1.42 bits per heavy atom. The molecular weight excluding hydrogens is 316 g/mol. The summed E-state index contributed by atoms with van der Waals surface area (Å²) in [6.07, 6.45) is 0. The lowest BCUT2D eigenvalue weighted by Crippen LogP contribution is -2.25. The fraction of sp³-hybridized carbons (Fsp3) is 0.0400. The van der Waals surface area contributed by atoms with Crippen LogP contribution in [0.1, 0.15) is 22.3 Å². The van der Waals surface area contributed by atoms with Gasteiger partial charge in [0.25, 0.3) is 0 Å². The van der Waals surface area contributed by atoms with Gasteiger partial charge in [0.15, 0.2) is 0 Å². The van der Waals surface area contributed by atoms with Crippen LogP contribution in [0.2, 0.25) is 0 Å². The van der Waals surface area contributed by atoms with Crippen molar-refractivity contribution in [3.63, 3.8) is 0 Å². The van der Waals surface area contributed by atoms with Crippen LogP contribution in [0.25, 0.3) is 22.3 Å². The lowest BCUT2D eigenvalue weighted by atomic mass is 9.70. The first kappa shape index (κ1) is 13.9. The second-order valence-electron chi connectivity index (χ2n) is 7.09. The summed E-state index contributed by atoms with van der Waals surface area (Å²) < 4.78 is 0. The van der Waals surface area contributed by atoms with Gasteiger partial charge < -0.3 is 5.11 Å². The summed E-state index contributed by atoms with van der Waals surface area (Å²) in [6.45, 7) is 0. The lowest BCUT2D eigenvalue weighted by Gasteiger charge is -2.30. The molecule has 0 aromatic heterocycles. The van der Waals surface area contributed by atoms with E-state index in [0.29, 0.717) is 5.75 Å². The van der Waals surface area contributed by atoms with Gasteiger partial charge >= 0.3 is 0 Å². The van der Waals surface area contributed by atoms with Crippen LogP contribution in [-0.4, -0.2) is 5.11 Å². The van der Waals surface area contributed by atoms with Crippen molar-refractivity contribution < 1.29 is 5.11 Å². The van der Waals surface area contributed by atoms with Crippen LogP contribution in [0.3, 0.4) is 0 Å². The first-order chi connectivity index (χ1) is 12.8. The van der Waals surface area contributed by atoms with Gasteiger partial charge in [-0.25, -0.2) is 0 Å². The van der Waals surface area contributed by atoms with Crippen LogP contribution >= 0.6 is 0 Å². The fourth-order valence-corrected chi connectivity index (χ4v) is 5.13. The molecule has 0 fully saturated rings. The smallest absolute Gasteiger partial charge is 0.120 e. The Morgan fingerprint density at radius 2 is 0.885 bits per heavy atom. The van der Waals surface area contributed by atoms with Crippen LogP contribution in [0.15, 0.2) is 91.0 Å². The predicted molar refractivity (Wildman–Crippen MR) is 104 cm³/mol. The summed E-state index contributed by atoms with van der Waals surface area (Å²) in [5.41, 5.74) is 9.21. The molecule has 0 radical (unpaired) electrons. The second-order valence-corrected chi connectivity index (χ2v) is 7.09. The van der Waals surface area contributed by atoms with Gasteiger partial charge in [-0.2, -0.15) is 0 Å². The molecule has 0 bridgehead atoms. The van der Waals surface area contributed by atoms with Crippen molar-refractivity contribution in [2.45, 2.75) is 5.41 Å². The van der Waals surface area contributed by atoms with E-state index >= 15 is 0 Å². The summed E-state index contributed by atoms with van der Waals surface area (Å²) in [4.78, 5) is 0. The summed E-state index contributed by atoms with van der Waals surface area (Å²) >= 11 is 0. The molecule has 0 aliphatic heterocycles. The average molecular weight is 332 g/mol. The third kappa shape index (κ3) is 1.40. The molecule has 6 rings (SSSR count). The van der Waals surface area contributed by atoms with Gasteiger partial charge in [0.05, 0.1) is 5.41 Å². The maximum absolute atomic E-state index is 11.0. The number of phenolic OH excluding ortho intramolecular Hbond substituents is 1. The number of phenols is 1. The van der Waals surface area contributed by atoms with Crippen molar-refractivity contribution >= 4 is 0 Å². The average Bonchev–Trinajstić information content (AvgIpc) is 3.16. The van der Waals surface area contributed by atoms with Crippen molar-refractivity contribution in [1.82, 2.24) is 0 Å².